The lowest BCUT2D eigenvalue weighted by molar-refractivity contribution is -0.118. The predicted molar refractivity (Wildman–Crippen MR) is 104 cm³/mol. The van der Waals surface area contributed by atoms with E-state index in [-0.39, 0.29) is 17.0 Å². The van der Waals surface area contributed by atoms with Crippen molar-refractivity contribution in [2.45, 2.75) is 11.7 Å². The first-order valence-corrected chi connectivity index (χ1v) is 9.02. The third-order valence-corrected chi connectivity index (χ3v) is 4.95. The van der Waals surface area contributed by atoms with Gasteiger partial charge in [-0.3, -0.25) is 4.79 Å². The number of carbonyl (C=O) groups excluding carboxylic acids is 1. The topological polar surface area (TPSA) is 72.3 Å². The van der Waals surface area contributed by atoms with Gasteiger partial charge in [-0.05, 0) is 47.9 Å². The highest BCUT2D eigenvalue weighted by Crippen LogP contribution is 2.27. The summed E-state index contributed by atoms with van der Waals surface area (Å²) in [5.74, 6) is 0.790. The molecule has 0 radical (unpaired) electrons. The van der Waals surface area contributed by atoms with Crippen LogP contribution in [0.1, 0.15) is 11.1 Å². The summed E-state index contributed by atoms with van der Waals surface area (Å²) >= 11 is 1.30. The second kappa shape index (κ2) is 8.68. The van der Waals surface area contributed by atoms with E-state index >= 15 is 0 Å². The molecule has 0 spiro atoms. The standard InChI is InChI=1S/C19H18FN3O3S/c1-25-15-8-5-13(9-16(15)26-2)11-21-23-19-22-18(24)17(27-19)10-12-3-6-14(20)7-4-12/h3-9,11,17H,10H2,1-2H3,(H,22,23,24)/b21-11-/t17-/m1/s1. The number of amides is 1. The molecule has 0 aromatic heterocycles. The number of nitrogens with one attached hydrogen (secondary N) is 1. The van der Waals surface area contributed by atoms with Gasteiger partial charge in [-0.2, -0.15) is 5.10 Å². The van der Waals surface area contributed by atoms with Gasteiger partial charge in [-0.15, -0.1) is 5.10 Å². The zero-order valence-corrected chi connectivity index (χ0v) is 15.6. The van der Waals surface area contributed by atoms with Crippen molar-refractivity contribution in [1.82, 2.24) is 5.32 Å². The van der Waals surface area contributed by atoms with E-state index in [2.05, 4.69) is 15.5 Å². The molecular weight excluding hydrogens is 369 g/mol. The molecule has 1 atom stereocenters. The molecule has 2 aromatic rings. The highest BCUT2D eigenvalue weighted by Gasteiger charge is 2.30. The van der Waals surface area contributed by atoms with Crippen LogP contribution >= 0.6 is 11.8 Å². The Morgan fingerprint density at radius 1 is 1.15 bits per heavy atom. The average Bonchev–Trinajstić information content (AvgIpc) is 3.02. The molecule has 1 saturated heterocycles. The van der Waals surface area contributed by atoms with Crippen molar-refractivity contribution in [3.8, 4) is 11.5 Å². The number of nitrogens with zero attached hydrogens (tertiary/aromatic N) is 2. The quantitative estimate of drug-likeness (QED) is 0.611. The Balaban J connectivity index is 1.63. The van der Waals surface area contributed by atoms with E-state index in [0.29, 0.717) is 23.1 Å². The molecule has 140 valence electrons. The lowest BCUT2D eigenvalue weighted by atomic mass is 10.1. The summed E-state index contributed by atoms with van der Waals surface area (Å²) in [6.45, 7) is 0. The molecule has 0 bridgehead atoms. The largest absolute Gasteiger partial charge is 0.493 e. The van der Waals surface area contributed by atoms with Gasteiger partial charge in [0, 0.05) is 0 Å². The van der Waals surface area contributed by atoms with E-state index in [4.69, 9.17) is 9.47 Å². The number of rotatable bonds is 6. The van der Waals surface area contributed by atoms with Gasteiger partial charge in [0.25, 0.3) is 0 Å². The number of halogens is 1. The number of hydrogen-bond acceptors (Lipinski definition) is 6. The first kappa shape index (κ1) is 18.9. The monoisotopic (exact) mass is 387 g/mol. The van der Waals surface area contributed by atoms with Gasteiger partial charge in [0.2, 0.25) is 5.91 Å². The van der Waals surface area contributed by atoms with Gasteiger partial charge in [0.15, 0.2) is 16.7 Å². The van der Waals surface area contributed by atoms with Crippen molar-refractivity contribution in [2.75, 3.05) is 14.2 Å². The van der Waals surface area contributed by atoms with Crippen LogP contribution in [-0.2, 0) is 11.2 Å². The van der Waals surface area contributed by atoms with Crippen LogP contribution in [0.4, 0.5) is 4.39 Å². The summed E-state index contributed by atoms with van der Waals surface area (Å²) in [5, 5.41) is 10.9. The average molecular weight is 387 g/mol. The maximum absolute atomic E-state index is 13.0. The van der Waals surface area contributed by atoms with Crippen molar-refractivity contribution in [1.29, 1.82) is 0 Å². The molecule has 1 amide bonds. The predicted octanol–water partition coefficient (Wildman–Crippen LogP) is 3.01. The zero-order valence-electron chi connectivity index (χ0n) is 14.8. The Hall–Kier alpha value is -2.87. The van der Waals surface area contributed by atoms with Crippen molar-refractivity contribution >= 4 is 29.1 Å². The highest BCUT2D eigenvalue weighted by atomic mass is 32.2. The Kier molecular flexibility index (Phi) is 6.08. The van der Waals surface area contributed by atoms with E-state index in [1.165, 1.54) is 23.9 Å². The summed E-state index contributed by atoms with van der Waals surface area (Å²) in [7, 11) is 3.13. The minimum absolute atomic E-state index is 0.135. The van der Waals surface area contributed by atoms with E-state index in [1.54, 1.807) is 44.7 Å². The van der Waals surface area contributed by atoms with Crippen molar-refractivity contribution < 1.29 is 18.7 Å². The molecule has 0 saturated carbocycles. The highest BCUT2D eigenvalue weighted by molar-refractivity contribution is 8.15. The van der Waals surface area contributed by atoms with E-state index in [0.717, 1.165) is 11.1 Å². The second-order valence-corrected chi connectivity index (χ2v) is 6.88. The number of methoxy groups -OCH3 is 2. The summed E-state index contributed by atoms with van der Waals surface area (Å²) in [5.41, 5.74) is 1.67. The molecule has 27 heavy (non-hydrogen) atoms. The van der Waals surface area contributed by atoms with Gasteiger partial charge >= 0.3 is 0 Å². The van der Waals surface area contributed by atoms with Crippen LogP contribution in [-0.4, -0.2) is 36.8 Å². The summed E-state index contributed by atoms with van der Waals surface area (Å²) < 4.78 is 23.4. The number of hydrogen-bond donors (Lipinski definition) is 1. The molecule has 1 aliphatic heterocycles. The van der Waals surface area contributed by atoms with Gasteiger partial charge in [0.1, 0.15) is 5.82 Å². The third-order valence-electron chi connectivity index (χ3n) is 3.87. The van der Waals surface area contributed by atoms with E-state index in [9.17, 15) is 9.18 Å². The van der Waals surface area contributed by atoms with Crippen LogP contribution in [0.25, 0.3) is 0 Å². The fraction of sp³-hybridized carbons (Fsp3) is 0.211. The molecule has 0 unspecified atom stereocenters. The molecule has 0 aliphatic carbocycles. The van der Waals surface area contributed by atoms with Gasteiger partial charge in [-0.1, -0.05) is 23.9 Å². The molecule has 2 aromatic carbocycles. The summed E-state index contributed by atoms with van der Waals surface area (Å²) in [6.07, 6.45) is 2.06. The maximum Gasteiger partial charge on any atom is 0.239 e. The third kappa shape index (κ3) is 4.85. The molecule has 8 heteroatoms. The van der Waals surface area contributed by atoms with Gasteiger partial charge in [-0.25, -0.2) is 4.39 Å². The van der Waals surface area contributed by atoms with Crippen LogP contribution in [0.5, 0.6) is 11.5 Å². The first-order valence-electron chi connectivity index (χ1n) is 8.14. The van der Waals surface area contributed by atoms with Crippen LogP contribution in [0, 0.1) is 5.82 Å². The number of thioether (sulfide) groups is 1. The Bertz CT molecular complexity index is 884. The lowest BCUT2D eigenvalue weighted by Gasteiger charge is -2.07. The number of ether oxygens (including phenoxy) is 2. The Morgan fingerprint density at radius 2 is 1.89 bits per heavy atom. The molecule has 1 heterocycles. The molecule has 1 aliphatic rings. The molecule has 1 fully saturated rings. The smallest absolute Gasteiger partial charge is 0.239 e. The number of benzene rings is 2. The van der Waals surface area contributed by atoms with Crippen LogP contribution < -0.4 is 14.8 Å². The van der Waals surface area contributed by atoms with Gasteiger partial charge < -0.3 is 14.8 Å². The maximum atomic E-state index is 13.0. The molecule has 6 nitrogen and oxygen atoms in total. The zero-order chi connectivity index (χ0) is 19.2. The lowest BCUT2D eigenvalue weighted by Crippen LogP contribution is -2.25. The Morgan fingerprint density at radius 3 is 2.59 bits per heavy atom. The van der Waals surface area contributed by atoms with Crippen molar-refractivity contribution in [3.63, 3.8) is 0 Å². The Labute approximate surface area is 160 Å². The van der Waals surface area contributed by atoms with Crippen molar-refractivity contribution in [2.24, 2.45) is 10.2 Å². The minimum Gasteiger partial charge on any atom is -0.493 e. The second-order valence-electron chi connectivity index (χ2n) is 5.69. The number of amidine groups is 1. The molecule has 1 N–H and O–H groups in total. The van der Waals surface area contributed by atoms with Crippen LogP contribution in [0.3, 0.4) is 0 Å². The molecule has 3 rings (SSSR count). The minimum atomic E-state index is -0.314. The normalized spacial score (nSPS) is 18.1. The van der Waals surface area contributed by atoms with E-state index in [1.807, 2.05) is 6.07 Å². The molecular formula is C19H18FN3O3S. The van der Waals surface area contributed by atoms with Gasteiger partial charge in [0.05, 0.1) is 25.7 Å². The summed E-state index contributed by atoms with van der Waals surface area (Å²) in [6, 6.07) is 11.5. The fourth-order valence-electron chi connectivity index (χ4n) is 2.50. The van der Waals surface area contributed by atoms with Crippen LogP contribution in [0.2, 0.25) is 0 Å². The number of carbonyl (C=O) groups is 1. The van der Waals surface area contributed by atoms with E-state index < -0.39 is 0 Å². The SMILES string of the molecule is COc1ccc(/C=N\N=C2/NC(=O)[C@@H](Cc3ccc(F)cc3)S2)cc1OC. The summed E-state index contributed by atoms with van der Waals surface area (Å²) in [4.78, 5) is 12.1. The van der Waals surface area contributed by atoms with Crippen LogP contribution in [0.15, 0.2) is 52.7 Å². The first-order chi connectivity index (χ1) is 13.1. The fourth-order valence-corrected chi connectivity index (χ4v) is 3.47. The van der Waals surface area contributed by atoms with Crippen molar-refractivity contribution in [3.05, 3.63) is 59.4 Å².